The lowest BCUT2D eigenvalue weighted by molar-refractivity contribution is 0.361. The molecule has 3 heterocycles. The normalized spacial score (nSPS) is 34.5. The highest BCUT2D eigenvalue weighted by molar-refractivity contribution is 5.41. The number of rotatable bonds is 1. The molecule has 0 N–H and O–H groups in total. The number of anilines is 1. The van der Waals surface area contributed by atoms with Crippen molar-refractivity contribution in [2.75, 3.05) is 4.90 Å². The zero-order valence-electron chi connectivity index (χ0n) is 9.13. The zero-order valence-corrected chi connectivity index (χ0v) is 9.13. The lowest BCUT2D eigenvalue weighted by Crippen LogP contribution is -2.42. The maximum absolute atomic E-state index is 4.43. The Labute approximate surface area is 90.5 Å². The highest BCUT2D eigenvalue weighted by Gasteiger charge is 2.39. The number of aromatic nitrogens is 2. The summed E-state index contributed by atoms with van der Waals surface area (Å²) >= 11 is 0. The summed E-state index contributed by atoms with van der Waals surface area (Å²) in [5.74, 6) is 1.97. The molecule has 1 aromatic rings. The van der Waals surface area contributed by atoms with Crippen LogP contribution < -0.4 is 4.90 Å². The van der Waals surface area contributed by atoms with Crippen molar-refractivity contribution < 1.29 is 0 Å². The van der Waals surface area contributed by atoms with Crippen LogP contribution in [0.5, 0.6) is 0 Å². The molecule has 15 heavy (non-hydrogen) atoms. The molecule has 2 fully saturated rings. The first-order valence-corrected chi connectivity index (χ1v) is 5.89. The second-order valence-electron chi connectivity index (χ2n) is 4.93. The Hall–Kier alpha value is -1.12. The fraction of sp³-hybridized carbons (Fsp3) is 0.667. The van der Waals surface area contributed by atoms with Crippen molar-refractivity contribution in [3.63, 3.8) is 0 Å². The van der Waals surface area contributed by atoms with Gasteiger partial charge in [0.2, 0.25) is 0 Å². The molecule has 3 heteroatoms. The number of nitrogens with zero attached hydrogens (tertiary/aromatic N) is 3. The number of fused-ring (bicyclic) bond motifs is 2. The van der Waals surface area contributed by atoms with Gasteiger partial charge in [-0.05, 0) is 31.6 Å². The Kier molecular flexibility index (Phi) is 2.11. The molecule has 0 radical (unpaired) electrons. The summed E-state index contributed by atoms with van der Waals surface area (Å²) in [4.78, 5) is 11.1. The molecular formula is C12H17N3. The van der Waals surface area contributed by atoms with E-state index in [2.05, 4.69) is 21.8 Å². The predicted molar refractivity (Wildman–Crippen MR) is 59.7 cm³/mol. The molecular weight excluding hydrogens is 186 g/mol. The second kappa shape index (κ2) is 3.47. The van der Waals surface area contributed by atoms with Crippen molar-refractivity contribution in [3.8, 4) is 0 Å². The van der Waals surface area contributed by atoms with E-state index < -0.39 is 0 Å². The molecule has 3 rings (SSSR count). The minimum atomic E-state index is 0.718. The summed E-state index contributed by atoms with van der Waals surface area (Å²) in [6.07, 6.45) is 10.8. The van der Waals surface area contributed by atoms with Gasteiger partial charge in [-0.25, -0.2) is 4.98 Å². The lowest BCUT2D eigenvalue weighted by Gasteiger charge is -2.38. The first-order chi connectivity index (χ1) is 7.34. The highest BCUT2D eigenvalue weighted by atomic mass is 15.3. The summed E-state index contributed by atoms with van der Waals surface area (Å²) in [5, 5.41) is 0. The third-order valence-corrected chi connectivity index (χ3v) is 3.78. The fourth-order valence-corrected chi connectivity index (χ4v) is 3.25. The Morgan fingerprint density at radius 3 is 2.53 bits per heavy atom. The Morgan fingerprint density at radius 1 is 1.20 bits per heavy atom. The maximum Gasteiger partial charge on any atom is 0.147 e. The first kappa shape index (κ1) is 9.13. The largest absolute Gasteiger partial charge is 0.349 e. The van der Waals surface area contributed by atoms with Gasteiger partial charge >= 0.3 is 0 Å². The van der Waals surface area contributed by atoms with Crippen LogP contribution in [0.3, 0.4) is 0 Å². The van der Waals surface area contributed by atoms with Gasteiger partial charge in [0.1, 0.15) is 5.82 Å². The van der Waals surface area contributed by atoms with E-state index in [1.807, 2.05) is 6.20 Å². The van der Waals surface area contributed by atoms with Gasteiger partial charge in [0.15, 0.2) is 0 Å². The minimum Gasteiger partial charge on any atom is -0.349 e. The van der Waals surface area contributed by atoms with E-state index in [9.17, 15) is 0 Å². The van der Waals surface area contributed by atoms with Crippen LogP contribution in [-0.4, -0.2) is 22.1 Å². The van der Waals surface area contributed by atoms with E-state index in [-0.39, 0.29) is 0 Å². The van der Waals surface area contributed by atoms with E-state index in [0.29, 0.717) is 0 Å². The Balaban J connectivity index is 1.89. The molecule has 2 saturated heterocycles. The van der Waals surface area contributed by atoms with Gasteiger partial charge in [-0.3, -0.25) is 4.98 Å². The number of piperidine rings is 1. The van der Waals surface area contributed by atoms with Crippen molar-refractivity contribution in [2.24, 2.45) is 5.92 Å². The first-order valence-electron chi connectivity index (χ1n) is 5.89. The summed E-state index contributed by atoms with van der Waals surface area (Å²) in [7, 11) is 0. The van der Waals surface area contributed by atoms with Crippen molar-refractivity contribution >= 4 is 5.82 Å². The fourth-order valence-electron chi connectivity index (χ4n) is 3.25. The predicted octanol–water partition coefficient (Wildman–Crippen LogP) is 2.24. The van der Waals surface area contributed by atoms with Crippen LogP contribution in [0.15, 0.2) is 18.6 Å². The Morgan fingerprint density at radius 2 is 1.93 bits per heavy atom. The molecule has 0 aliphatic carbocycles. The third kappa shape index (κ3) is 1.50. The number of hydrogen-bond acceptors (Lipinski definition) is 3. The maximum atomic E-state index is 4.43. The van der Waals surface area contributed by atoms with Crippen molar-refractivity contribution in [1.82, 2.24) is 9.97 Å². The summed E-state index contributed by atoms with van der Waals surface area (Å²) in [6.45, 7) is 2.37. The molecule has 0 amide bonds. The summed E-state index contributed by atoms with van der Waals surface area (Å²) in [5.41, 5.74) is 0. The van der Waals surface area contributed by atoms with Crippen LogP contribution in [0.4, 0.5) is 5.82 Å². The molecule has 80 valence electrons. The molecule has 2 atom stereocenters. The molecule has 0 aromatic carbocycles. The molecule has 2 aliphatic heterocycles. The van der Waals surface area contributed by atoms with Gasteiger partial charge in [-0.2, -0.15) is 0 Å². The zero-order chi connectivity index (χ0) is 10.3. The lowest BCUT2D eigenvalue weighted by atomic mass is 9.92. The van der Waals surface area contributed by atoms with E-state index >= 15 is 0 Å². The van der Waals surface area contributed by atoms with E-state index in [1.165, 1.54) is 25.7 Å². The van der Waals surface area contributed by atoms with Gasteiger partial charge in [0.25, 0.3) is 0 Å². The van der Waals surface area contributed by atoms with Crippen LogP contribution in [-0.2, 0) is 0 Å². The van der Waals surface area contributed by atoms with Crippen LogP contribution in [0.25, 0.3) is 0 Å². The van der Waals surface area contributed by atoms with Gasteiger partial charge < -0.3 is 4.90 Å². The van der Waals surface area contributed by atoms with Crippen molar-refractivity contribution in [1.29, 1.82) is 0 Å². The average molecular weight is 203 g/mol. The topological polar surface area (TPSA) is 29.0 Å². The number of hydrogen-bond donors (Lipinski definition) is 0. The summed E-state index contributed by atoms with van der Waals surface area (Å²) in [6, 6.07) is 1.44. The average Bonchev–Trinajstić information content (AvgIpc) is 2.53. The van der Waals surface area contributed by atoms with Gasteiger partial charge in [-0.1, -0.05) is 6.92 Å². The summed E-state index contributed by atoms with van der Waals surface area (Å²) < 4.78 is 0. The van der Waals surface area contributed by atoms with Crippen LogP contribution >= 0.6 is 0 Å². The van der Waals surface area contributed by atoms with Crippen molar-refractivity contribution in [2.45, 2.75) is 44.7 Å². The molecule has 3 nitrogen and oxygen atoms in total. The molecule has 1 aromatic heterocycles. The van der Waals surface area contributed by atoms with E-state index in [4.69, 9.17) is 0 Å². The third-order valence-electron chi connectivity index (χ3n) is 3.78. The van der Waals surface area contributed by atoms with Gasteiger partial charge in [-0.15, -0.1) is 0 Å². The monoisotopic (exact) mass is 203 g/mol. The van der Waals surface area contributed by atoms with Crippen LogP contribution in [0, 0.1) is 5.92 Å². The van der Waals surface area contributed by atoms with Gasteiger partial charge in [0, 0.05) is 24.5 Å². The highest BCUT2D eigenvalue weighted by Crippen LogP contribution is 2.40. The van der Waals surface area contributed by atoms with Crippen LogP contribution in [0.2, 0.25) is 0 Å². The minimum absolute atomic E-state index is 0.718. The van der Waals surface area contributed by atoms with E-state index in [0.717, 1.165) is 23.8 Å². The molecule has 2 unspecified atom stereocenters. The molecule has 2 bridgehead atoms. The Bertz CT molecular complexity index is 324. The molecule has 0 spiro atoms. The standard InChI is InChI=1S/C12H17N3/c1-9-6-10-2-3-11(7-9)15(10)12-8-13-4-5-14-12/h4-5,8-11H,2-3,6-7H2,1H3. The van der Waals surface area contributed by atoms with Crippen LogP contribution in [0.1, 0.15) is 32.6 Å². The molecule has 0 saturated carbocycles. The van der Waals surface area contributed by atoms with Gasteiger partial charge in [0.05, 0.1) is 6.20 Å². The smallest absolute Gasteiger partial charge is 0.147 e. The van der Waals surface area contributed by atoms with Crippen molar-refractivity contribution in [3.05, 3.63) is 18.6 Å². The second-order valence-corrected chi connectivity index (χ2v) is 4.93. The quantitative estimate of drug-likeness (QED) is 0.701. The SMILES string of the molecule is CC1CC2CCC(C1)N2c1cnccn1. The molecule has 2 aliphatic rings. The van der Waals surface area contributed by atoms with E-state index in [1.54, 1.807) is 12.4 Å².